The number of benzene rings is 1. The van der Waals surface area contributed by atoms with E-state index in [0.717, 1.165) is 28.9 Å². The minimum absolute atomic E-state index is 0.0608. The van der Waals surface area contributed by atoms with Gasteiger partial charge in [0.05, 0.1) is 7.11 Å². The Morgan fingerprint density at radius 3 is 2.89 bits per heavy atom. The van der Waals surface area contributed by atoms with Gasteiger partial charge in [0, 0.05) is 16.9 Å². The van der Waals surface area contributed by atoms with Crippen LogP contribution in [-0.4, -0.2) is 26.1 Å². The summed E-state index contributed by atoms with van der Waals surface area (Å²) in [6.07, 6.45) is 0. The lowest BCUT2D eigenvalue weighted by Crippen LogP contribution is -2.49. The van der Waals surface area contributed by atoms with Crippen LogP contribution in [0.1, 0.15) is 12.5 Å². The fourth-order valence-corrected chi connectivity index (χ4v) is 2.42. The molecule has 0 bridgehead atoms. The number of amides is 1. The largest absolute Gasteiger partial charge is 0.497 e. The first kappa shape index (κ1) is 14.3. The Balaban J connectivity index is 1.92. The zero-order valence-corrected chi connectivity index (χ0v) is 12.8. The Kier molecular flexibility index (Phi) is 4.82. The van der Waals surface area contributed by atoms with E-state index in [9.17, 15) is 4.79 Å². The zero-order valence-electron chi connectivity index (χ0n) is 11.2. The lowest BCUT2D eigenvalue weighted by Gasteiger charge is -2.31. The van der Waals surface area contributed by atoms with Crippen molar-refractivity contribution in [1.82, 2.24) is 10.6 Å². The third-order valence-corrected chi connectivity index (χ3v) is 4.41. The molecule has 1 fully saturated rings. The van der Waals surface area contributed by atoms with E-state index in [2.05, 4.69) is 26.6 Å². The van der Waals surface area contributed by atoms with Crippen molar-refractivity contribution in [3.05, 3.63) is 28.2 Å². The molecule has 104 valence electrons. The molecule has 0 radical (unpaired) electrons. The van der Waals surface area contributed by atoms with Gasteiger partial charge in [0.15, 0.2) is 0 Å². The highest BCUT2D eigenvalue weighted by molar-refractivity contribution is 9.10. The van der Waals surface area contributed by atoms with Crippen LogP contribution < -0.4 is 15.4 Å². The Bertz CT molecular complexity index is 461. The average Bonchev–Trinajstić information content (AvgIpc) is 2.35. The first-order chi connectivity index (χ1) is 9.11. The summed E-state index contributed by atoms with van der Waals surface area (Å²) in [4.78, 5) is 12.0. The molecule has 0 saturated carbocycles. The van der Waals surface area contributed by atoms with Crippen molar-refractivity contribution in [2.75, 3.05) is 20.2 Å². The maximum Gasteiger partial charge on any atom is 0.223 e. The Morgan fingerprint density at radius 2 is 2.32 bits per heavy atom. The normalized spacial score (nSPS) is 16.6. The van der Waals surface area contributed by atoms with Crippen molar-refractivity contribution in [1.29, 1.82) is 0 Å². The third kappa shape index (κ3) is 3.48. The van der Waals surface area contributed by atoms with Crippen molar-refractivity contribution >= 4 is 21.8 Å². The van der Waals surface area contributed by atoms with Crippen LogP contribution in [0.25, 0.3) is 0 Å². The number of methoxy groups -OCH3 is 1. The Labute approximate surface area is 122 Å². The highest BCUT2D eigenvalue weighted by Gasteiger charge is 2.28. The molecule has 1 saturated heterocycles. The van der Waals surface area contributed by atoms with E-state index in [4.69, 9.17) is 4.74 Å². The molecule has 1 aromatic carbocycles. The van der Waals surface area contributed by atoms with E-state index in [1.54, 1.807) is 7.11 Å². The van der Waals surface area contributed by atoms with Gasteiger partial charge in [-0.3, -0.25) is 4.79 Å². The molecule has 1 amide bonds. The molecule has 5 heteroatoms. The van der Waals surface area contributed by atoms with Gasteiger partial charge in [-0.15, -0.1) is 0 Å². The van der Waals surface area contributed by atoms with Crippen LogP contribution in [-0.2, 0) is 11.3 Å². The predicted molar refractivity (Wildman–Crippen MR) is 78.1 cm³/mol. The molecule has 2 N–H and O–H groups in total. The smallest absolute Gasteiger partial charge is 0.223 e. The van der Waals surface area contributed by atoms with E-state index in [1.165, 1.54) is 0 Å². The van der Waals surface area contributed by atoms with Gasteiger partial charge in [0.2, 0.25) is 5.91 Å². The maximum atomic E-state index is 12.0. The SMILES string of the molecule is COc1ccc(Br)c(CNC(=O)C(C)C2CNC2)c1. The van der Waals surface area contributed by atoms with E-state index in [0.29, 0.717) is 12.5 Å². The molecule has 1 heterocycles. The van der Waals surface area contributed by atoms with Crippen LogP contribution in [0.3, 0.4) is 0 Å². The van der Waals surface area contributed by atoms with Gasteiger partial charge in [-0.25, -0.2) is 0 Å². The quantitative estimate of drug-likeness (QED) is 0.869. The van der Waals surface area contributed by atoms with E-state index in [-0.39, 0.29) is 11.8 Å². The van der Waals surface area contributed by atoms with Gasteiger partial charge in [-0.1, -0.05) is 22.9 Å². The second-order valence-corrected chi connectivity index (χ2v) is 5.74. The van der Waals surface area contributed by atoms with Gasteiger partial charge in [0.1, 0.15) is 5.75 Å². The lowest BCUT2D eigenvalue weighted by atomic mass is 9.88. The molecule has 0 aromatic heterocycles. The summed E-state index contributed by atoms with van der Waals surface area (Å²) in [5, 5.41) is 6.18. The zero-order chi connectivity index (χ0) is 13.8. The molecule has 4 nitrogen and oxygen atoms in total. The summed E-state index contributed by atoms with van der Waals surface area (Å²) in [5.41, 5.74) is 1.02. The number of halogens is 1. The highest BCUT2D eigenvalue weighted by atomic mass is 79.9. The topological polar surface area (TPSA) is 50.4 Å². The average molecular weight is 327 g/mol. The maximum absolute atomic E-state index is 12.0. The molecule has 0 spiro atoms. The van der Waals surface area contributed by atoms with Gasteiger partial charge >= 0.3 is 0 Å². The lowest BCUT2D eigenvalue weighted by molar-refractivity contribution is -0.126. The summed E-state index contributed by atoms with van der Waals surface area (Å²) >= 11 is 3.48. The van der Waals surface area contributed by atoms with E-state index >= 15 is 0 Å². The number of nitrogens with one attached hydrogen (secondary N) is 2. The predicted octanol–water partition coefficient (Wildman–Crippen LogP) is 1.93. The Morgan fingerprint density at radius 1 is 1.58 bits per heavy atom. The second kappa shape index (κ2) is 6.39. The minimum atomic E-state index is 0.0608. The van der Waals surface area contributed by atoms with Crippen LogP contribution in [0.5, 0.6) is 5.75 Å². The molecular formula is C14H19BrN2O2. The van der Waals surface area contributed by atoms with E-state index in [1.807, 2.05) is 25.1 Å². The summed E-state index contributed by atoms with van der Waals surface area (Å²) in [6, 6.07) is 5.75. The molecule has 2 rings (SSSR count). The molecular weight excluding hydrogens is 308 g/mol. The number of hydrogen-bond acceptors (Lipinski definition) is 3. The number of carbonyl (C=O) groups is 1. The van der Waals surface area contributed by atoms with Crippen molar-refractivity contribution < 1.29 is 9.53 Å². The van der Waals surface area contributed by atoms with Crippen molar-refractivity contribution in [2.45, 2.75) is 13.5 Å². The van der Waals surface area contributed by atoms with Crippen molar-refractivity contribution in [2.24, 2.45) is 11.8 Å². The fourth-order valence-electron chi connectivity index (χ4n) is 2.04. The highest BCUT2D eigenvalue weighted by Crippen LogP contribution is 2.22. The first-order valence-corrected chi connectivity index (χ1v) is 7.22. The summed E-state index contributed by atoms with van der Waals surface area (Å²) in [6.45, 7) is 4.39. The van der Waals surface area contributed by atoms with Crippen molar-refractivity contribution in [3.8, 4) is 5.75 Å². The molecule has 0 aliphatic carbocycles. The van der Waals surface area contributed by atoms with Crippen LogP contribution in [0.15, 0.2) is 22.7 Å². The molecule has 1 atom stereocenters. The van der Waals surface area contributed by atoms with Gasteiger partial charge in [-0.2, -0.15) is 0 Å². The molecule has 1 unspecified atom stereocenters. The Hall–Kier alpha value is -1.07. The molecule has 1 aliphatic rings. The fraction of sp³-hybridized carbons (Fsp3) is 0.500. The standard InChI is InChI=1S/C14H19BrN2O2/c1-9(11-6-16-7-11)14(18)17-8-10-5-12(19-2)3-4-13(10)15/h3-5,9,11,16H,6-8H2,1-2H3,(H,17,18). The summed E-state index contributed by atoms with van der Waals surface area (Å²) in [7, 11) is 1.64. The first-order valence-electron chi connectivity index (χ1n) is 6.42. The number of rotatable bonds is 5. The van der Waals surface area contributed by atoms with Crippen LogP contribution in [0.2, 0.25) is 0 Å². The second-order valence-electron chi connectivity index (χ2n) is 4.88. The van der Waals surface area contributed by atoms with E-state index < -0.39 is 0 Å². The summed E-state index contributed by atoms with van der Waals surface area (Å²) in [5.74, 6) is 1.43. The van der Waals surface area contributed by atoms with Gasteiger partial charge < -0.3 is 15.4 Å². The van der Waals surface area contributed by atoms with Crippen LogP contribution >= 0.6 is 15.9 Å². The summed E-state index contributed by atoms with van der Waals surface area (Å²) < 4.78 is 6.17. The van der Waals surface area contributed by atoms with Gasteiger partial charge in [0.25, 0.3) is 0 Å². The molecule has 19 heavy (non-hydrogen) atoms. The minimum Gasteiger partial charge on any atom is -0.497 e. The number of ether oxygens (including phenoxy) is 1. The molecule has 1 aromatic rings. The van der Waals surface area contributed by atoms with Crippen LogP contribution in [0.4, 0.5) is 0 Å². The van der Waals surface area contributed by atoms with Gasteiger partial charge in [-0.05, 0) is 42.8 Å². The monoisotopic (exact) mass is 326 g/mol. The number of carbonyl (C=O) groups excluding carboxylic acids is 1. The third-order valence-electron chi connectivity index (χ3n) is 3.64. The van der Waals surface area contributed by atoms with Crippen LogP contribution in [0, 0.1) is 11.8 Å². The molecule has 1 aliphatic heterocycles. The van der Waals surface area contributed by atoms with Crippen molar-refractivity contribution in [3.63, 3.8) is 0 Å². The number of hydrogen-bond donors (Lipinski definition) is 2.